The third-order valence-electron chi connectivity index (χ3n) is 8.22. The Balaban J connectivity index is 1.30. The van der Waals surface area contributed by atoms with E-state index in [1.54, 1.807) is 16.8 Å². The fourth-order valence-corrected chi connectivity index (χ4v) is 5.80. The van der Waals surface area contributed by atoms with Gasteiger partial charge >= 0.3 is 0 Å². The Hall–Kier alpha value is -4.41. The van der Waals surface area contributed by atoms with Gasteiger partial charge in [-0.05, 0) is 50.5 Å². The molecule has 11 heteroatoms. The number of pyridine rings is 1. The lowest BCUT2D eigenvalue weighted by molar-refractivity contribution is -0.130. The number of nitrogens with one attached hydrogen (secondary N) is 1. The van der Waals surface area contributed by atoms with Crippen LogP contribution in [0.15, 0.2) is 51.9 Å². The highest BCUT2D eigenvalue weighted by molar-refractivity contribution is 5.94. The fraction of sp³-hybridized carbons (Fsp3) is 0.452. The van der Waals surface area contributed by atoms with Gasteiger partial charge in [-0.25, -0.2) is 0 Å². The lowest BCUT2D eigenvalue weighted by Crippen LogP contribution is -2.39. The normalized spacial score (nSPS) is 19.5. The first-order valence-corrected chi connectivity index (χ1v) is 14.4. The van der Waals surface area contributed by atoms with Gasteiger partial charge in [-0.1, -0.05) is 17.3 Å². The summed E-state index contributed by atoms with van der Waals surface area (Å²) in [4.78, 5) is 55.3. The standard InChI is InChI=1S/C31H37N5O6/c1-20-25(21(2)42-33-20)9-11-29(38)36-18-26-22-6-4-7-24(16-22)41-15-14-35(13-5-12-32-30(39)27(26)19-36)31(40)23-8-10-28(37)34(3)17-23/h4,6-8,10,16-17,26-27H,5,9,11-15,18-19H2,1-3H3,(H,32,39)/t26-,27+/m1/s1. The lowest BCUT2D eigenvalue weighted by atomic mass is 9.88. The van der Waals surface area contributed by atoms with Crippen LogP contribution in [-0.4, -0.2) is 76.6 Å². The number of hydrogen-bond donors (Lipinski definition) is 1. The van der Waals surface area contributed by atoms with Crippen LogP contribution in [0.2, 0.25) is 0 Å². The van der Waals surface area contributed by atoms with Crippen LogP contribution in [-0.2, 0) is 23.1 Å². The summed E-state index contributed by atoms with van der Waals surface area (Å²) >= 11 is 0. The number of aryl methyl sites for hydroxylation is 3. The third-order valence-corrected chi connectivity index (χ3v) is 8.22. The number of carbonyl (C=O) groups is 3. The van der Waals surface area contributed by atoms with Crippen molar-refractivity contribution in [1.29, 1.82) is 0 Å². The molecule has 3 aromatic rings. The fourth-order valence-electron chi connectivity index (χ4n) is 5.80. The van der Waals surface area contributed by atoms with Crippen molar-refractivity contribution in [3.63, 3.8) is 0 Å². The molecule has 2 bridgehead atoms. The van der Waals surface area contributed by atoms with Gasteiger partial charge in [0.25, 0.3) is 5.91 Å². The van der Waals surface area contributed by atoms with Crippen molar-refractivity contribution < 1.29 is 23.6 Å². The van der Waals surface area contributed by atoms with Crippen LogP contribution in [0, 0.1) is 19.8 Å². The Labute approximate surface area is 244 Å². The molecule has 2 aromatic heterocycles. The van der Waals surface area contributed by atoms with E-state index in [1.165, 1.54) is 22.9 Å². The molecule has 0 radical (unpaired) electrons. The van der Waals surface area contributed by atoms with Crippen molar-refractivity contribution in [2.45, 2.75) is 39.0 Å². The number of fused-ring (bicyclic) bond motifs is 4. The van der Waals surface area contributed by atoms with Crippen molar-refractivity contribution in [3.05, 3.63) is 81.1 Å². The maximum atomic E-state index is 13.5. The number of aromatic nitrogens is 2. The van der Waals surface area contributed by atoms with E-state index < -0.39 is 5.92 Å². The third kappa shape index (κ3) is 6.40. The van der Waals surface area contributed by atoms with Crippen molar-refractivity contribution >= 4 is 17.7 Å². The first-order chi connectivity index (χ1) is 20.2. The summed E-state index contributed by atoms with van der Waals surface area (Å²) in [5.74, 6) is 0.468. The molecule has 2 aliphatic rings. The van der Waals surface area contributed by atoms with Gasteiger partial charge in [0.1, 0.15) is 18.1 Å². The van der Waals surface area contributed by atoms with Crippen LogP contribution in [0.1, 0.15) is 51.7 Å². The SMILES string of the molecule is Cc1noc(C)c1CCC(=O)N1C[C@@H]2C(=O)NCCCN(C(=O)c3ccc(=O)n(C)c3)CCOc3cccc(c3)[C@H]2C1. The monoisotopic (exact) mass is 575 g/mol. The minimum Gasteiger partial charge on any atom is -0.492 e. The Morgan fingerprint density at radius 3 is 2.62 bits per heavy atom. The molecule has 222 valence electrons. The Morgan fingerprint density at radius 2 is 1.86 bits per heavy atom. The Bertz CT molecular complexity index is 1510. The molecule has 3 amide bonds. The smallest absolute Gasteiger partial charge is 0.255 e. The van der Waals surface area contributed by atoms with E-state index in [1.807, 2.05) is 38.1 Å². The highest BCUT2D eigenvalue weighted by Crippen LogP contribution is 2.35. The second-order valence-corrected chi connectivity index (χ2v) is 11.0. The van der Waals surface area contributed by atoms with E-state index in [-0.39, 0.29) is 35.8 Å². The number of benzene rings is 1. The van der Waals surface area contributed by atoms with E-state index in [2.05, 4.69) is 10.5 Å². The molecule has 2 aliphatic heterocycles. The Morgan fingerprint density at radius 1 is 1.05 bits per heavy atom. The molecule has 0 saturated carbocycles. The summed E-state index contributed by atoms with van der Waals surface area (Å²) in [7, 11) is 1.61. The van der Waals surface area contributed by atoms with Gasteiger partial charge in [-0.2, -0.15) is 0 Å². The van der Waals surface area contributed by atoms with E-state index in [0.717, 1.165) is 22.6 Å². The summed E-state index contributed by atoms with van der Waals surface area (Å²) in [5, 5.41) is 7.03. The number of likely N-dealkylation sites (tertiary alicyclic amines) is 1. The van der Waals surface area contributed by atoms with Crippen molar-refractivity contribution in [1.82, 2.24) is 24.8 Å². The molecular formula is C31H37N5O6. The second kappa shape index (κ2) is 12.6. The van der Waals surface area contributed by atoms with Crippen LogP contribution >= 0.6 is 0 Å². The van der Waals surface area contributed by atoms with Gasteiger partial charge in [0.2, 0.25) is 17.4 Å². The number of rotatable bonds is 4. The predicted octanol–water partition coefficient (Wildman–Crippen LogP) is 2.21. The zero-order chi connectivity index (χ0) is 29.8. The van der Waals surface area contributed by atoms with Crippen LogP contribution < -0.4 is 15.6 Å². The van der Waals surface area contributed by atoms with Crippen LogP contribution in [0.4, 0.5) is 0 Å². The topological polar surface area (TPSA) is 127 Å². The van der Waals surface area contributed by atoms with Crippen LogP contribution in [0.3, 0.4) is 0 Å². The summed E-state index contributed by atoms with van der Waals surface area (Å²) in [6, 6.07) is 10.5. The molecule has 1 fully saturated rings. The average molecular weight is 576 g/mol. The number of hydrogen-bond acceptors (Lipinski definition) is 7. The quantitative estimate of drug-likeness (QED) is 0.505. The minimum absolute atomic E-state index is 0.00631. The van der Waals surface area contributed by atoms with Crippen LogP contribution in [0.5, 0.6) is 5.75 Å². The number of amides is 3. The highest BCUT2D eigenvalue weighted by atomic mass is 16.5. The maximum absolute atomic E-state index is 13.5. The molecular weight excluding hydrogens is 538 g/mol. The molecule has 1 N–H and O–H groups in total. The Kier molecular flexibility index (Phi) is 8.75. The molecule has 1 saturated heterocycles. The van der Waals surface area contributed by atoms with E-state index >= 15 is 0 Å². The van der Waals surface area contributed by atoms with Crippen LogP contribution in [0.25, 0.3) is 0 Å². The van der Waals surface area contributed by atoms with E-state index in [0.29, 0.717) is 63.3 Å². The molecule has 2 atom stereocenters. The molecule has 0 spiro atoms. The summed E-state index contributed by atoms with van der Waals surface area (Å²) < 4.78 is 12.7. The van der Waals surface area contributed by atoms with E-state index in [4.69, 9.17) is 9.26 Å². The average Bonchev–Trinajstić information content (AvgIpc) is 3.57. The summed E-state index contributed by atoms with van der Waals surface area (Å²) in [6.45, 7) is 5.93. The first kappa shape index (κ1) is 29.1. The molecule has 11 nitrogen and oxygen atoms in total. The van der Waals surface area contributed by atoms with E-state index in [9.17, 15) is 19.2 Å². The van der Waals surface area contributed by atoms with Crippen molar-refractivity contribution in [3.8, 4) is 5.75 Å². The molecule has 42 heavy (non-hydrogen) atoms. The minimum atomic E-state index is -0.408. The molecule has 1 aromatic carbocycles. The van der Waals surface area contributed by atoms with Gasteiger partial charge in [0, 0.05) is 63.4 Å². The van der Waals surface area contributed by atoms with Gasteiger partial charge in [0.15, 0.2) is 0 Å². The first-order valence-electron chi connectivity index (χ1n) is 14.4. The lowest BCUT2D eigenvalue weighted by Gasteiger charge is -2.25. The molecule has 5 rings (SSSR count). The summed E-state index contributed by atoms with van der Waals surface area (Å²) in [5.41, 5.74) is 2.90. The van der Waals surface area contributed by atoms with Gasteiger partial charge in [-0.3, -0.25) is 19.2 Å². The highest BCUT2D eigenvalue weighted by Gasteiger charge is 2.40. The van der Waals surface area contributed by atoms with Gasteiger partial charge in [0.05, 0.1) is 23.7 Å². The van der Waals surface area contributed by atoms with Crippen molar-refractivity contribution in [2.24, 2.45) is 13.0 Å². The maximum Gasteiger partial charge on any atom is 0.255 e. The summed E-state index contributed by atoms with van der Waals surface area (Å²) in [6.07, 6.45) is 2.93. The number of nitrogens with zero attached hydrogens (tertiary/aromatic N) is 4. The predicted molar refractivity (Wildman–Crippen MR) is 154 cm³/mol. The molecule has 0 aliphatic carbocycles. The van der Waals surface area contributed by atoms with Gasteiger partial charge < -0.3 is 28.9 Å². The molecule has 0 unspecified atom stereocenters. The number of ether oxygens (including phenoxy) is 1. The number of carbonyl (C=O) groups excluding carboxylic acids is 3. The second-order valence-electron chi connectivity index (χ2n) is 11.0. The largest absolute Gasteiger partial charge is 0.492 e. The zero-order valence-electron chi connectivity index (χ0n) is 24.3. The zero-order valence-corrected chi connectivity index (χ0v) is 24.3. The van der Waals surface area contributed by atoms with Crippen molar-refractivity contribution in [2.75, 3.05) is 39.3 Å². The van der Waals surface area contributed by atoms with Gasteiger partial charge in [-0.15, -0.1) is 0 Å². The molecule has 4 heterocycles.